The molecule has 0 radical (unpaired) electrons. The van der Waals surface area contributed by atoms with E-state index in [4.69, 9.17) is 5.73 Å². The molecular formula is C10H19N3S. The van der Waals surface area contributed by atoms with Crippen LogP contribution in [0.25, 0.3) is 0 Å². The van der Waals surface area contributed by atoms with E-state index in [0.29, 0.717) is 6.54 Å². The maximum absolute atomic E-state index is 5.56. The van der Waals surface area contributed by atoms with E-state index in [1.165, 1.54) is 0 Å². The highest BCUT2D eigenvalue weighted by molar-refractivity contribution is 7.15. The summed E-state index contributed by atoms with van der Waals surface area (Å²) in [4.78, 5) is 7.72. The van der Waals surface area contributed by atoms with E-state index >= 15 is 0 Å². The second kappa shape index (κ2) is 4.28. The predicted molar refractivity (Wildman–Crippen MR) is 62.8 cm³/mol. The van der Waals surface area contributed by atoms with Crippen LogP contribution in [0.5, 0.6) is 0 Å². The molecule has 0 unspecified atom stereocenters. The van der Waals surface area contributed by atoms with Gasteiger partial charge in [0, 0.05) is 30.2 Å². The van der Waals surface area contributed by atoms with Crippen molar-refractivity contribution in [3.05, 3.63) is 11.1 Å². The van der Waals surface area contributed by atoms with Gasteiger partial charge in [0.15, 0.2) is 5.13 Å². The molecule has 0 aromatic carbocycles. The number of anilines is 1. The number of nitrogens with two attached hydrogens (primary N) is 1. The van der Waals surface area contributed by atoms with E-state index in [1.54, 1.807) is 11.3 Å². The van der Waals surface area contributed by atoms with Crippen LogP contribution in [-0.2, 0) is 6.54 Å². The van der Waals surface area contributed by atoms with Gasteiger partial charge in [0.2, 0.25) is 0 Å². The molecule has 0 aliphatic rings. The Hall–Kier alpha value is -0.610. The second-order valence-corrected chi connectivity index (χ2v) is 5.13. The Bertz CT molecular complexity index is 293. The van der Waals surface area contributed by atoms with Crippen LogP contribution in [0.15, 0.2) is 6.20 Å². The van der Waals surface area contributed by atoms with Crippen LogP contribution < -0.4 is 10.6 Å². The van der Waals surface area contributed by atoms with Gasteiger partial charge >= 0.3 is 0 Å². The molecule has 0 fully saturated rings. The first kappa shape index (κ1) is 11.5. The minimum absolute atomic E-state index is 0.156. The Kier molecular flexibility index (Phi) is 3.50. The quantitative estimate of drug-likeness (QED) is 0.834. The van der Waals surface area contributed by atoms with E-state index < -0.39 is 0 Å². The van der Waals surface area contributed by atoms with Crippen molar-refractivity contribution in [2.24, 2.45) is 5.73 Å². The monoisotopic (exact) mass is 213 g/mol. The van der Waals surface area contributed by atoms with Gasteiger partial charge in [-0.1, -0.05) is 6.92 Å². The number of hydrogen-bond acceptors (Lipinski definition) is 4. The molecule has 0 aliphatic carbocycles. The van der Waals surface area contributed by atoms with E-state index in [-0.39, 0.29) is 5.54 Å². The molecular weight excluding hydrogens is 194 g/mol. The lowest BCUT2D eigenvalue weighted by atomic mass is 10.0. The van der Waals surface area contributed by atoms with Crippen molar-refractivity contribution >= 4 is 16.5 Å². The Morgan fingerprint density at radius 1 is 1.57 bits per heavy atom. The fourth-order valence-electron chi connectivity index (χ4n) is 1.04. The summed E-state index contributed by atoms with van der Waals surface area (Å²) >= 11 is 1.67. The number of hydrogen-bond donors (Lipinski definition) is 1. The first-order valence-electron chi connectivity index (χ1n) is 4.90. The summed E-state index contributed by atoms with van der Waals surface area (Å²) in [7, 11) is 2.09. The van der Waals surface area contributed by atoms with E-state index in [9.17, 15) is 0 Å². The van der Waals surface area contributed by atoms with Crippen LogP contribution in [-0.4, -0.2) is 17.6 Å². The topological polar surface area (TPSA) is 42.2 Å². The number of nitrogens with zero attached hydrogens (tertiary/aromatic N) is 2. The second-order valence-electron chi connectivity index (χ2n) is 4.04. The number of thiazole rings is 1. The average molecular weight is 213 g/mol. The van der Waals surface area contributed by atoms with Gasteiger partial charge in [0.05, 0.1) is 0 Å². The Labute approximate surface area is 89.9 Å². The molecule has 0 bridgehead atoms. The molecule has 1 aromatic rings. The minimum Gasteiger partial charge on any atom is -0.346 e. The molecule has 0 atom stereocenters. The zero-order chi connectivity index (χ0) is 10.8. The first-order chi connectivity index (χ1) is 6.51. The van der Waals surface area contributed by atoms with Gasteiger partial charge in [-0.3, -0.25) is 0 Å². The maximum atomic E-state index is 5.56. The maximum Gasteiger partial charge on any atom is 0.185 e. The fourth-order valence-corrected chi connectivity index (χ4v) is 1.96. The molecule has 0 amide bonds. The smallest absolute Gasteiger partial charge is 0.185 e. The van der Waals surface area contributed by atoms with Crippen LogP contribution in [0.3, 0.4) is 0 Å². The molecule has 80 valence electrons. The van der Waals surface area contributed by atoms with Crippen molar-refractivity contribution in [2.45, 2.75) is 39.3 Å². The molecule has 3 nitrogen and oxygen atoms in total. The lowest BCUT2D eigenvalue weighted by molar-refractivity contribution is 0.470. The summed E-state index contributed by atoms with van der Waals surface area (Å²) in [5.74, 6) is 0. The van der Waals surface area contributed by atoms with Crippen LogP contribution in [0, 0.1) is 0 Å². The average Bonchev–Trinajstić information content (AvgIpc) is 2.64. The van der Waals surface area contributed by atoms with Gasteiger partial charge < -0.3 is 10.6 Å². The Balaban J connectivity index is 2.83. The lowest BCUT2D eigenvalue weighted by Crippen LogP contribution is -2.40. The standard InChI is InChI=1S/C10H19N3S/c1-5-10(2,3)13(4)9-12-7-8(6-11)14-9/h7H,5-6,11H2,1-4H3. The summed E-state index contributed by atoms with van der Waals surface area (Å²) in [6.45, 7) is 7.21. The Morgan fingerprint density at radius 2 is 2.21 bits per heavy atom. The minimum atomic E-state index is 0.156. The molecule has 1 rings (SSSR count). The van der Waals surface area contributed by atoms with Gasteiger partial charge in [-0.25, -0.2) is 4.98 Å². The molecule has 0 spiro atoms. The third kappa shape index (κ3) is 2.25. The molecule has 0 aliphatic heterocycles. The van der Waals surface area contributed by atoms with Gasteiger partial charge in [-0.05, 0) is 20.3 Å². The third-order valence-electron chi connectivity index (χ3n) is 2.80. The highest BCUT2D eigenvalue weighted by Crippen LogP contribution is 2.28. The highest BCUT2D eigenvalue weighted by atomic mass is 32.1. The fraction of sp³-hybridized carbons (Fsp3) is 0.700. The summed E-state index contributed by atoms with van der Waals surface area (Å²) in [6, 6.07) is 0. The summed E-state index contributed by atoms with van der Waals surface area (Å²) in [5.41, 5.74) is 5.71. The van der Waals surface area contributed by atoms with E-state index in [1.807, 2.05) is 6.20 Å². The van der Waals surface area contributed by atoms with E-state index in [0.717, 1.165) is 16.4 Å². The van der Waals surface area contributed by atoms with Gasteiger partial charge in [-0.15, -0.1) is 11.3 Å². The summed E-state index contributed by atoms with van der Waals surface area (Å²) in [5, 5.41) is 1.05. The zero-order valence-corrected chi connectivity index (χ0v) is 10.2. The van der Waals surface area contributed by atoms with Crippen molar-refractivity contribution < 1.29 is 0 Å². The van der Waals surface area contributed by atoms with E-state index in [2.05, 4.69) is 37.7 Å². The largest absolute Gasteiger partial charge is 0.346 e. The van der Waals surface area contributed by atoms with Crippen LogP contribution in [0.2, 0.25) is 0 Å². The van der Waals surface area contributed by atoms with Crippen molar-refractivity contribution in [2.75, 3.05) is 11.9 Å². The summed E-state index contributed by atoms with van der Waals surface area (Å²) in [6.07, 6.45) is 2.96. The molecule has 1 heterocycles. The van der Waals surface area contributed by atoms with Gasteiger partial charge in [0.25, 0.3) is 0 Å². The van der Waals surface area contributed by atoms with Crippen molar-refractivity contribution in [1.82, 2.24) is 4.98 Å². The molecule has 14 heavy (non-hydrogen) atoms. The van der Waals surface area contributed by atoms with Crippen molar-refractivity contribution in [3.8, 4) is 0 Å². The van der Waals surface area contributed by atoms with Crippen LogP contribution in [0.4, 0.5) is 5.13 Å². The normalized spacial score (nSPS) is 11.8. The number of rotatable bonds is 4. The van der Waals surface area contributed by atoms with Crippen molar-refractivity contribution in [1.29, 1.82) is 0 Å². The first-order valence-corrected chi connectivity index (χ1v) is 5.71. The lowest BCUT2D eigenvalue weighted by Gasteiger charge is -2.34. The van der Waals surface area contributed by atoms with Crippen LogP contribution in [0.1, 0.15) is 32.1 Å². The van der Waals surface area contributed by atoms with Gasteiger partial charge in [0.1, 0.15) is 0 Å². The molecule has 2 N–H and O–H groups in total. The van der Waals surface area contributed by atoms with Crippen molar-refractivity contribution in [3.63, 3.8) is 0 Å². The molecule has 1 aromatic heterocycles. The molecule has 0 saturated heterocycles. The predicted octanol–water partition coefficient (Wildman–Crippen LogP) is 2.23. The summed E-state index contributed by atoms with van der Waals surface area (Å²) < 4.78 is 0. The highest BCUT2D eigenvalue weighted by Gasteiger charge is 2.23. The van der Waals surface area contributed by atoms with Gasteiger partial charge in [-0.2, -0.15) is 0 Å². The number of aromatic nitrogens is 1. The zero-order valence-electron chi connectivity index (χ0n) is 9.37. The molecule has 0 saturated carbocycles. The molecule has 4 heteroatoms. The third-order valence-corrected chi connectivity index (χ3v) is 3.90. The SMILES string of the molecule is CCC(C)(C)N(C)c1ncc(CN)s1. The Morgan fingerprint density at radius 3 is 2.64 bits per heavy atom. The van der Waals surface area contributed by atoms with Crippen LogP contribution >= 0.6 is 11.3 Å².